The fourth-order valence-electron chi connectivity index (χ4n) is 2.07. The average Bonchev–Trinajstić information content (AvgIpc) is 2.60. The van der Waals surface area contributed by atoms with Gasteiger partial charge in [0.25, 0.3) is 0 Å². The summed E-state index contributed by atoms with van der Waals surface area (Å²) in [6.07, 6.45) is 0. The van der Waals surface area contributed by atoms with Gasteiger partial charge in [-0.3, -0.25) is 0 Å². The lowest BCUT2D eigenvalue weighted by atomic mass is 10.2. The minimum Gasteiger partial charge on any atom is -0.496 e. The Morgan fingerprint density at radius 1 is 1.09 bits per heavy atom. The number of methoxy groups -OCH3 is 1. The first-order valence-electron chi connectivity index (χ1n) is 7.49. The molecule has 0 aromatic heterocycles. The minimum absolute atomic E-state index is 0.146. The SMILES string of the molecule is COc1ccccc1CNC(=O)N(C)CCOc1ccccc1. The Kier molecular flexibility index (Phi) is 6.29. The van der Waals surface area contributed by atoms with Crippen LogP contribution in [0.1, 0.15) is 5.56 Å². The molecule has 0 heterocycles. The van der Waals surface area contributed by atoms with Gasteiger partial charge in [0.15, 0.2) is 0 Å². The molecule has 0 aliphatic heterocycles. The zero-order valence-corrected chi connectivity index (χ0v) is 13.5. The number of carbonyl (C=O) groups excluding carboxylic acids is 1. The van der Waals surface area contributed by atoms with Crippen molar-refractivity contribution in [3.63, 3.8) is 0 Å². The second-order valence-electron chi connectivity index (χ2n) is 5.05. The monoisotopic (exact) mass is 314 g/mol. The van der Waals surface area contributed by atoms with Gasteiger partial charge < -0.3 is 19.7 Å². The maximum atomic E-state index is 12.1. The maximum absolute atomic E-state index is 12.1. The molecule has 0 aliphatic rings. The highest BCUT2D eigenvalue weighted by atomic mass is 16.5. The number of nitrogens with zero attached hydrogens (tertiary/aromatic N) is 1. The van der Waals surface area contributed by atoms with E-state index in [2.05, 4.69) is 5.32 Å². The smallest absolute Gasteiger partial charge is 0.317 e. The van der Waals surface area contributed by atoms with E-state index in [1.165, 1.54) is 0 Å². The maximum Gasteiger partial charge on any atom is 0.317 e. The van der Waals surface area contributed by atoms with Gasteiger partial charge in [0.1, 0.15) is 18.1 Å². The number of benzene rings is 2. The molecule has 2 aromatic carbocycles. The summed E-state index contributed by atoms with van der Waals surface area (Å²) >= 11 is 0. The molecule has 2 aromatic rings. The molecule has 0 unspecified atom stereocenters. The Bertz CT molecular complexity index is 617. The van der Waals surface area contributed by atoms with Crippen LogP contribution in [-0.2, 0) is 6.54 Å². The summed E-state index contributed by atoms with van der Waals surface area (Å²) in [6, 6.07) is 17.0. The van der Waals surface area contributed by atoms with Crippen LogP contribution in [0.2, 0.25) is 0 Å². The molecular formula is C18H22N2O3. The quantitative estimate of drug-likeness (QED) is 0.855. The lowest BCUT2D eigenvalue weighted by Gasteiger charge is -2.18. The second kappa shape index (κ2) is 8.68. The van der Waals surface area contributed by atoms with Crippen LogP contribution in [0, 0.1) is 0 Å². The van der Waals surface area contributed by atoms with Crippen molar-refractivity contribution >= 4 is 6.03 Å². The summed E-state index contributed by atoms with van der Waals surface area (Å²) in [4.78, 5) is 13.7. The van der Waals surface area contributed by atoms with Crippen molar-refractivity contribution < 1.29 is 14.3 Å². The molecular weight excluding hydrogens is 292 g/mol. The fourth-order valence-corrected chi connectivity index (χ4v) is 2.07. The van der Waals surface area contributed by atoms with Gasteiger partial charge in [0, 0.05) is 19.2 Å². The van der Waals surface area contributed by atoms with Crippen molar-refractivity contribution in [2.45, 2.75) is 6.54 Å². The molecule has 0 bridgehead atoms. The van der Waals surface area contributed by atoms with E-state index in [1.807, 2.05) is 54.6 Å². The molecule has 1 N–H and O–H groups in total. The topological polar surface area (TPSA) is 50.8 Å². The van der Waals surface area contributed by atoms with E-state index >= 15 is 0 Å². The van der Waals surface area contributed by atoms with Crippen LogP contribution < -0.4 is 14.8 Å². The van der Waals surface area contributed by atoms with Gasteiger partial charge in [-0.05, 0) is 18.2 Å². The van der Waals surface area contributed by atoms with E-state index in [1.54, 1.807) is 19.1 Å². The summed E-state index contributed by atoms with van der Waals surface area (Å²) in [5, 5.41) is 2.87. The largest absolute Gasteiger partial charge is 0.496 e. The van der Waals surface area contributed by atoms with Crippen LogP contribution in [0.15, 0.2) is 54.6 Å². The Morgan fingerprint density at radius 3 is 2.52 bits per heavy atom. The number of nitrogens with one attached hydrogen (secondary N) is 1. The number of likely N-dealkylation sites (N-methyl/N-ethyl adjacent to an activating group) is 1. The summed E-state index contributed by atoms with van der Waals surface area (Å²) in [5.41, 5.74) is 0.942. The number of para-hydroxylation sites is 2. The number of amides is 2. The van der Waals surface area contributed by atoms with Crippen molar-refractivity contribution in [1.82, 2.24) is 10.2 Å². The molecule has 0 saturated carbocycles. The molecule has 5 nitrogen and oxygen atoms in total. The Labute approximate surface area is 136 Å². The zero-order chi connectivity index (χ0) is 16.5. The number of urea groups is 1. The molecule has 0 radical (unpaired) electrons. The number of rotatable bonds is 7. The molecule has 122 valence electrons. The predicted molar refractivity (Wildman–Crippen MR) is 89.8 cm³/mol. The molecule has 2 rings (SSSR count). The number of ether oxygens (including phenoxy) is 2. The van der Waals surface area contributed by atoms with Gasteiger partial charge >= 0.3 is 6.03 Å². The van der Waals surface area contributed by atoms with Gasteiger partial charge in [-0.2, -0.15) is 0 Å². The van der Waals surface area contributed by atoms with Crippen molar-refractivity contribution in [2.24, 2.45) is 0 Å². The van der Waals surface area contributed by atoms with Crippen LogP contribution in [-0.4, -0.2) is 38.2 Å². The third-order valence-corrected chi connectivity index (χ3v) is 3.41. The van der Waals surface area contributed by atoms with E-state index in [9.17, 15) is 4.79 Å². The van der Waals surface area contributed by atoms with Gasteiger partial charge in [0.2, 0.25) is 0 Å². The van der Waals surface area contributed by atoms with E-state index in [-0.39, 0.29) is 6.03 Å². The Balaban J connectivity index is 1.74. The molecule has 5 heteroatoms. The highest BCUT2D eigenvalue weighted by molar-refractivity contribution is 5.73. The van der Waals surface area contributed by atoms with Gasteiger partial charge in [0.05, 0.1) is 13.7 Å². The number of hydrogen-bond acceptors (Lipinski definition) is 3. The van der Waals surface area contributed by atoms with Crippen LogP contribution in [0.25, 0.3) is 0 Å². The fraction of sp³-hybridized carbons (Fsp3) is 0.278. The molecule has 0 atom stereocenters. The molecule has 23 heavy (non-hydrogen) atoms. The van der Waals surface area contributed by atoms with E-state index in [0.29, 0.717) is 19.7 Å². The zero-order valence-electron chi connectivity index (χ0n) is 13.5. The van der Waals surface area contributed by atoms with Crippen LogP contribution in [0.5, 0.6) is 11.5 Å². The predicted octanol–water partition coefficient (Wildman–Crippen LogP) is 2.92. The van der Waals surface area contributed by atoms with Crippen molar-refractivity contribution in [2.75, 3.05) is 27.3 Å². The lowest BCUT2D eigenvalue weighted by molar-refractivity contribution is 0.195. The summed E-state index contributed by atoms with van der Waals surface area (Å²) in [6.45, 7) is 1.38. The first-order chi connectivity index (χ1) is 11.2. The minimum atomic E-state index is -0.146. The van der Waals surface area contributed by atoms with E-state index in [4.69, 9.17) is 9.47 Å². The third-order valence-electron chi connectivity index (χ3n) is 3.41. The van der Waals surface area contributed by atoms with Gasteiger partial charge in [-0.15, -0.1) is 0 Å². The van der Waals surface area contributed by atoms with Crippen LogP contribution in [0.3, 0.4) is 0 Å². The summed E-state index contributed by atoms with van der Waals surface area (Å²) in [7, 11) is 3.36. The first-order valence-corrected chi connectivity index (χ1v) is 7.49. The molecule has 0 spiro atoms. The van der Waals surface area contributed by atoms with E-state index < -0.39 is 0 Å². The van der Waals surface area contributed by atoms with Gasteiger partial charge in [-0.25, -0.2) is 4.79 Å². The molecule has 0 fully saturated rings. The second-order valence-corrected chi connectivity index (χ2v) is 5.05. The molecule has 2 amide bonds. The highest BCUT2D eigenvalue weighted by Crippen LogP contribution is 2.16. The Hall–Kier alpha value is -2.69. The normalized spacial score (nSPS) is 10.0. The average molecular weight is 314 g/mol. The molecule has 0 aliphatic carbocycles. The highest BCUT2D eigenvalue weighted by Gasteiger charge is 2.09. The number of carbonyl (C=O) groups is 1. The first kappa shape index (κ1) is 16.7. The van der Waals surface area contributed by atoms with Crippen molar-refractivity contribution in [3.8, 4) is 11.5 Å². The van der Waals surface area contributed by atoms with Crippen LogP contribution in [0.4, 0.5) is 4.79 Å². The third kappa shape index (κ3) is 5.21. The molecule has 0 saturated heterocycles. The Morgan fingerprint density at radius 2 is 1.78 bits per heavy atom. The summed E-state index contributed by atoms with van der Waals surface area (Å²) < 4.78 is 10.9. The van der Waals surface area contributed by atoms with E-state index in [0.717, 1.165) is 17.1 Å². The van der Waals surface area contributed by atoms with Crippen molar-refractivity contribution in [1.29, 1.82) is 0 Å². The van der Waals surface area contributed by atoms with Gasteiger partial charge in [-0.1, -0.05) is 36.4 Å². The lowest BCUT2D eigenvalue weighted by Crippen LogP contribution is -2.39. The van der Waals surface area contributed by atoms with Crippen LogP contribution >= 0.6 is 0 Å². The number of hydrogen-bond donors (Lipinski definition) is 1. The summed E-state index contributed by atoms with van der Waals surface area (Å²) in [5.74, 6) is 1.57. The standard InChI is InChI=1S/C18H22N2O3/c1-20(12-13-23-16-9-4-3-5-10-16)18(21)19-14-15-8-6-7-11-17(15)22-2/h3-11H,12-14H2,1-2H3,(H,19,21). The van der Waals surface area contributed by atoms with Crippen molar-refractivity contribution in [3.05, 3.63) is 60.2 Å².